The minimum atomic E-state index is 0.420. The maximum atomic E-state index is 5.65. The van der Waals surface area contributed by atoms with Crippen LogP contribution in [0.25, 0.3) is 0 Å². The van der Waals surface area contributed by atoms with Gasteiger partial charge in [0.2, 0.25) is 0 Å². The molecule has 0 aromatic heterocycles. The van der Waals surface area contributed by atoms with Crippen LogP contribution in [-0.2, 0) is 9.47 Å². The molecule has 18 heteroatoms. The number of fused-ring (bicyclic) bond motifs is 40. The smallest absolute Gasteiger partial charge is 0.0628 e. The van der Waals surface area contributed by atoms with Crippen LogP contribution < -0.4 is 85.1 Å². The first-order valence-electron chi connectivity index (χ1n) is 51.8. The molecule has 18 rings (SSSR count). The molecule has 16 bridgehead atoms. The lowest BCUT2D eigenvalue weighted by atomic mass is 9.76. The Morgan fingerprint density at radius 2 is 0.237 bits per heavy atom. The molecule has 0 aromatic carbocycles. The second kappa shape index (κ2) is 46.3. The summed E-state index contributed by atoms with van der Waals surface area (Å²) in [5.74, 6) is 11.9. The molecule has 10 aliphatic heterocycles. The number of nitrogens with one attached hydrogen (secondary N) is 16. The summed E-state index contributed by atoms with van der Waals surface area (Å²) < 4.78 is 11.3. The van der Waals surface area contributed by atoms with E-state index in [4.69, 9.17) is 9.47 Å². The largest absolute Gasteiger partial charge is 0.381 e. The third kappa shape index (κ3) is 22.9. The molecule has 16 atom stereocenters. The van der Waals surface area contributed by atoms with E-state index < -0.39 is 0 Å². The molecule has 18 aliphatic rings. The molecular formula is C96H180N16O2. The highest BCUT2D eigenvalue weighted by Gasteiger charge is 2.58. The monoisotopic (exact) mass is 1590 g/mol. The summed E-state index contributed by atoms with van der Waals surface area (Å²) in [4.78, 5) is 0. The summed E-state index contributed by atoms with van der Waals surface area (Å²) in [7, 11) is 0. The molecule has 10 saturated heterocycles. The van der Waals surface area contributed by atoms with E-state index in [0.717, 1.165) is 121 Å². The lowest BCUT2D eigenvalue weighted by Gasteiger charge is -2.35. The molecule has 0 amide bonds. The van der Waals surface area contributed by atoms with Crippen molar-refractivity contribution in [1.29, 1.82) is 0 Å². The normalized spacial score (nSPS) is 43.7. The minimum absolute atomic E-state index is 0.420. The van der Waals surface area contributed by atoms with Gasteiger partial charge >= 0.3 is 0 Å². The Labute approximate surface area is 697 Å². The van der Waals surface area contributed by atoms with Crippen molar-refractivity contribution in [3.63, 3.8) is 0 Å². The molecule has 0 spiro atoms. The van der Waals surface area contributed by atoms with Gasteiger partial charge in [0, 0.05) is 26.4 Å². The molecule has 8 saturated carbocycles. The van der Waals surface area contributed by atoms with Crippen LogP contribution >= 0.6 is 0 Å². The van der Waals surface area contributed by atoms with Crippen LogP contribution in [0.4, 0.5) is 0 Å². The van der Waals surface area contributed by atoms with E-state index in [1.807, 2.05) is 0 Å². The highest BCUT2D eigenvalue weighted by Crippen LogP contribution is 2.49. The minimum Gasteiger partial charge on any atom is -0.381 e. The summed E-state index contributed by atoms with van der Waals surface area (Å²) in [5, 5.41) is 67.6. The highest BCUT2D eigenvalue weighted by atomic mass is 16.5. The van der Waals surface area contributed by atoms with Crippen molar-refractivity contribution in [2.24, 2.45) is 94.7 Å². The second-order valence-corrected chi connectivity index (χ2v) is 41.5. The fourth-order valence-electron chi connectivity index (χ4n) is 28.1. The second-order valence-electron chi connectivity index (χ2n) is 41.5. The zero-order valence-electron chi connectivity index (χ0n) is 73.7. The lowest BCUT2D eigenvalue weighted by Crippen LogP contribution is -2.61. The first kappa shape index (κ1) is 88.2. The average molecular weight is 1590 g/mol. The molecule has 16 N–H and O–H groups in total. The van der Waals surface area contributed by atoms with Crippen LogP contribution in [0.1, 0.15) is 387 Å². The van der Waals surface area contributed by atoms with E-state index in [-0.39, 0.29) is 0 Å². The number of rotatable bonds is 28. The first-order chi connectivity index (χ1) is 56.4. The van der Waals surface area contributed by atoms with Crippen LogP contribution in [0.2, 0.25) is 0 Å². The van der Waals surface area contributed by atoms with Gasteiger partial charge in [-0.1, -0.05) is 259 Å². The van der Waals surface area contributed by atoms with Gasteiger partial charge in [-0.3, -0.25) is 85.1 Å². The molecule has 114 heavy (non-hydrogen) atoms. The van der Waals surface area contributed by atoms with Crippen LogP contribution in [0, 0.1) is 94.7 Å². The summed E-state index contributed by atoms with van der Waals surface area (Å²) >= 11 is 0. The maximum absolute atomic E-state index is 5.65. The molecule has 8 aliphatic carbocycles. The van der Waals surface area contributed by atoms with Crippen molar-refractivity contribution in [3.05, 3.63) is 0 Å². The Kier molecular flexibility index (Phi) is 35.8. The van der Waals surface area contributed by atoms with Gasteiger partial charge in [-0.05, 0) is 223 Å². The summed E-state index contributed by atoms with van der Waals surface area (Å²) in [6.45, 7) is 13.0. The number of unbranched alkanes of at least 4 members (excludes halogenated alkanes) is 20. The molecule has 10 heterocycles. The van der Waals surface area contributed by atoms with Crippen molar-refractivity contribution >= 4 is 0 Å². The van der Waals surface area contributed by atoms with Crippen molar-refractivity contribution < 1.29 is 9.47 Å². The van der Waals surface area contributed by atoms with Crippen LogP contribution in [-0.4, -0.2) is 125 Å². The quantitative estimate of drug-likeness (QED) is 0.0328. The third-order valence-electron chi connectivity index (χ3n) is 34.2. The van der Waals surface area contributed by atoms with Crippen molar-refractivity contribution in [1.82, 2.24) is 85.1 Å². The summed E-state index contributed by atoms with van der Waals surface area (Å²) in [6, 6.07) is 0. The van der Waals surface area contributed by atoms with Gasteiger partial charge in [0.25, 0.3) is 0 Å². The van der Waals surface area contributed by atoms with E-state index in [9.17, 15) is 0 Å². The molecule has 0 aromatic rings. The standard InChI is InChI=1S/2C32H56N8.2C16H34O/c2*1-2-10-18-17(9-1)25-33-26(18)38-28-21-13-5-6-14-22(21)30(35-28)40-32-24-16-8-7-15-23(24)31(36-32)39-29-20-12-4-3-11-19(20)27(34-29)37-25;2*1-3-5-7-9-11-13-15-17-16-14-12-10-8-6-4-2/h2*17-40H,1-16H2;2*3-16H2,1-2H3. The van der Waals surface area contributed by atoms with Gasteiger partial charge in [-0.2, -0.15) is 0 Å². The number of hydrogen-bond donors (Lipinski definition) is 16. The SMILES string of the molecule is C1CCC2C3NC(NC4NC(NC5NC(NC6NC(N3)C3CCCCC63)C3CCCCC53)C3CCCCC43)C2C1.C1CCC2C3NC(NC4NC(NC5NC(NC6NC(N3)C3CCCCC63)C3CCCCC53)C3CCCCC43)C2C1.CCCCCCCCOCCCCCCCC.CCCCCCCCOCCCCCCCC. The van der Waals surface area contributed by atoms with Gasteiger partial charge < -0.3 is 9.47 Å². The summed E-state index contributed by atoms with van der Waals surface area (Å²) in [6.07, 6.45) is 83.8. The molecule has 16 unspecified atom stereocenters. The van der Waals surface area contributed by atoms with Crippen molar-refractivity contribution in [2.45, 2.75) is 486 Å². The fraction of sp³-hybridized carbons (Fsp3) is 1.00. The Bertz CT molecular complexity index is 2050. The van der Waals surface area contributed by atoms with Crippen LogP contribution in [0.15, 0.2) is 0 Å². The first-order valence-corrected chi connectivity index (χ1v) is 51.8. The molecular weight excluding hydrogens is 1410 g/mol. The Hall–Kier alpha value is -0.720. The van der Waals surface area contributed by atoms with Gasteiger partial charge in [-0.15, -0.1) is 0 Å². The third-order valence-corrected chi connectivity index (χ3v) is 34.2. The fourth-order valence-corrected chi connectivity index (χ4v) is 28.1. The van der Waals surface area contributed by atoms with Crippen molar-refractivity contribution in [2.75, 3.05) is 26.4 Å². The van der Waals surface area contributed by atoms with E-state index in [1.165, 1.54) is 360 Å². The van der Waals surface area contributed by atoms with E-state index >= 15 is 0 Å². The molecule has 656 valence electrons. The maximum Gasteiger partial charge on any atom is 0.0628 e. The Morgan fingerprint density at radius 1 is 0.140 bits per heavy atom. The molecule has 18 fully saturated rings. The Morgan fingerprint density at radius 3 is 0.342 bits per heavy atom. The lowest BCUT2D eigenvalue weighted by molar-refractivity contribution is 0.125. The number of ether oxygens (including phenoxy) is 2. The van der Waals surface area contributed by atoms with Gasteiger partial charge in [0.15, 0.2) is 0 Å². The van der Waals surface area contributed by atoms with Gasteiger partial charge in [0.1, 0.15) is 0 Å². The molecule has 18 nitrogen and oxygen atoms in total. The zero-order valence-corrected chi connectivity index (χ0v) is 73.7. The van der Waals surface area contributed by atoms with Gasteiger partial charge in [-0.25, -0.2) is 0 Å². The highest BCUT2D eigenvalue weighted by molar-refractivity contribution is 5.12. The van der Waals surface area contributed by atoms with E-state index in [0.29, 0.717) is 98.7 Å². The topological polar surface area (TPSA) is 211 Å². The van der Waals surface area contributed by atoms with Crippen molar-refractivity contribution in [3.8, 4) is 0 Å². The van der Waals surface area contributed by atoms with E-state index in [1.54, 1.807) is 0 Å². The summed E-state index contributed by atoms with van der Waals surface area (Å²) in [5.41, 5.74) is 0. The number of hydrogen-bond acceptors (Lipinski definition) is 18. The molecule has 0 radical (unpaired) electrons. The zero-order chi connectivity index (χ0) is 77.6. The predicted molar refractivity (Wildman–Crippen MR) is 470 cm³/mol. The van der Waals surface area contributed by atoms with Crippen LogP contribution in [0.5, 0.6) is 0 Å². The average Bonchev–Trinajstić information content (AvgIpc) is 1.61. The van der Waals surface area contributed by atoms with Gasteiger partial charge in [0.05, 0.1) is 98.7 Å². The van der Waals surface area contributed by atoms with E-state index in [2.05, 4.69) is 113 Å². The van der Waals surface area contributed by atoms with Crippen LogP contribution in [0.3, 0.4) is 0 Å². The Balaban J connectivity index is 0.000000130. The predicted octanol–water partition coefficient (Wildman–Crippen LogP) is 16.7.